The number of aliphatic carboxylic acids is 4. The number of ether oxygens (including phenoxy) is 3. The molecule has 100 heavy (non-hydrogen) atoms. The molecular weight excluding hydrogens is 1360 g/mol. The number of nitrogens with one attached hydrogen (secondary N) is 9. The standard InChI is InChI=1S/C61H68N16O21S2/c1-3-31-32-18-30(11-12-36(32)70-46-33(31)24-77-42(46)19-35-34(54(77)88)25-97-57(93)61(35,95)4-2)98-60(94)96-16-17-99-100-26-41(56(91)92)74-52(86)40(21-45(81)82)73-50(84)37(6-5-15-65-58(62)63)71-51(85)39(20-44(79)80)69-43(78)14-13-38(55(89)90)72-49(83)27-7-9-28(10-8-27)66-22-29-23-67-48-47(68-29)53(87)76-59(64)75-48/h7-12,18-19,23,37-41,66,95H,3-6,13-17,20-22,24-26H2,1-2H3,(H,69,78)(H,71,85)(H,72,83)(H,73,84)(H,74,86)(H,79,80)(H,81,82)(H,89,90)(H,91,92)(H4,62,63,65)(H3,64,67,75,76,87)/t37-,38-,39+,40+,41-,61-/m1/s1. The maximum absolute atomic E-state index is 13.9. The number of benzene rings is 2. The summed E-state index contributed by atoms with van der Waals surface area (Å²) in [7, 11) is 1.93. The number of rotatable bonds is 34. The van der Waals surface area contributed by atoms with Crippen molar-refractivity contribution in [2.75, 3.05) is 35.7 Å². The van der Waals surface area contributed by atoms with E-state index < -0.39 is 144 Å². The van der Waals surface area contributed by atoms with Crippen LogP contribution in [-0.2, 0) is 84.3 Å². The fourth-order valence-corrected chi connectivity index (χ4v) is 12.6. The minimum absolute atomic E-state index is 0.000309. The number of carboxylic acid groups (broad SMARTS) is 4. The number of aliphatic hydroxyl groups is 1. The lowest BCUT2D eigenvalue weighted by molar-refractivity contribution is -0.172. The number of fused-ring (bicyclic) bond motifs is 6. The van der Waals surface area contributed by atoms with Crippen molar-refractivity contribution >= 4 is 127 Å². The molecular formula is C61H68N16O21S2. The number of carboxylic acids is 4. The van der Waals surface area contributed by atoms with Crippen LogP contribution in [0.3, 0.4) is 0 Å². The minimum Gasteiger partial charge on any atom is -0.481 e. The lowest BCUT2D eigenvalue weighted by atomic mass is 9.86. The summed E-state index contributed by atoms with van der Waals surface area (Å²) < 4.78 is 17.4. The number of hydrogen-bond acceptors (Lipinski definition) is 26. The second-order valence-corrected chi connectivity index (χ2v) is 25.1. The number of nitrogens with zero attached hydrogens (tertiary/aromatic N) is 5. The average Bonchev–Trinajstić information content (AvgIpc) is 1.52. The highest BCUT2D eigenvalue weighted by atomic mass is 33.1. The van der Waals surface area contributed by atoms with Crippen molar-refractivity contribution in [1.82, 2.24) is 61.4 Å². The Labute approximate surface area is 572 Å². The Morgan fingerprint density at radius 2 is 1.47 bits per heavy atom. The SMILES string of the molecule is CCc1c2c(nc3ccc(OC(=O)OCCSSC[C@@H](NC(=O)[C@H](CC(=O)O)NC(=O)[C@@H](CCCNC(=N)N)NC(=O)[C@H](CC(=O)O)NC(=O)CC[C@@H](NC(=O)c4ccc(NCc5cnc6nc(N)[nH]c(=O)c6n5)cc4)C(=O)O)C(=O)O)cc13)-c1cc3c(c(=O)n1C2)COC(=O)[C@@]3(O)CC. The van der Waals surface area contributed by atoms with Gasteiger partial charge in [-0.3, -0.25) is 53.5 Å². The summed E-state index contributed by atoms with van der Waals surface area (Å²) in [5.41, 5.74) is 12.0. The van der Waals surface area contributed by atoms with Crippen LogP contribution in [0.15, 0.2) is 64.3 Å². The molecule has 0 aliphatic carbocycles. The molecule has 530 valence electrons. The third-order valence-electron chi connectivity index (χ3n) is 15.7. The molecule has 18 N–H and O–H groups in total. The van der Waals surface area contributed by atoms with E-state index in [2.05, 4.69) is 57.2 Å². The van der Waals surface area contributed by atoms with Crippen LogP contribution >= 0.6 is 21.6 Å². The van der Waals surface area contributed by atoms with Crippen molar-refractivity contribution < 1.29 is 92.5 Å². The van der Waals surface area contributed by atoms with Gasteiger partial charge in [-0.15, -0.1) is 0 Å². The molecule has 0 unspecified atom stereocenters. The van der Waals surface area contributed by atoms with Crippen LogP contribution in [0.2, 0.25) is 0 Å². The van der Waals surface area contributed by atoms with Gasteiger partial charge >= 0.3 is 36.0 Å². The third-order valence-corrected chi connectivity index (χ3v) is 18.1. The van der Waals surface area contributed by atoms with E-state index in [4.69, 9.17) is 36.1 Å². The van der Waals surface area contributed by atoms with Crippen molar-refractivity contribution in [2.24, 2.45) is 5.73 Å². The summed E-state index contributed by atoms with van der Waals surface area (Å²) >= 11 is 0. The average molecular weight is 1430 g/mol. The second-order valence-electron chi connectivity index (χ2n) is 22.5. The highest BCUT2D eigenvalue weighted by Gasteiger charge is 2.46. The van der Waals surface area contributed by atoms with Gasteiger partial charge in [0.05, 0.1) is 60.3 Å². The molecule has 4 aromatic heterocycles. The lowest BCUT2D eigenvalue weighted by Gasteiger charge is -2.31. The number of carbonyl (C=O) groups excluding carboxylic acids is 7. The first-order valence-corrected chi connectivity index (χ1v) is 33.1. The molecule has 5 amide bonds. The number of guanidine groups is 1. The van der Waals surface area contributed by atoms with Gasteiger partial charge in [-0.05, 0) is 86.2 Å². The second kappa shape index (κ2) is 33.2. The molecule has 2 aliphatic heterocycles. The molecule has 0 radical (unpaired) electrons. The number of cyclic esters (lactones) is 1. The van der Waals surface area contributed by atoms with Crippen LogP contribution < -0.4 is 64.5 Å². The van der Waals surface area contributed by atoms with Gasteiger partial charge in [0.15, 0.2) is 22.7 Å². The molecule has 6 heterocycles. The number of hydrogen-bond donors (Lipinski definition) is 16. The van der Waals surface area contributed by atoms with E-state index in [9.17, 15) is 87.9 Å². The first-order chi connectivity index (χ1) is 47.6. The van der Waals surface area contributed by atoms with Crippen LogP contribution in [0.5, 0.6) is 5.75 Å². The Morgan fingerprint density at radius 1 is 0.800 bits per heavy atom. The lowest BCUT2D eigenvalue weighted by Crippen LogP contribution is -2.58. The highest BCUT2D eigenvalue weighted by Crippen LogP contribution is 2.41. The number of H-pyrrole nitrogens is 1. The van der Waals surface area contributed by atoms with Gasteiger partial charge in [-0.25, -0.2) is 34.1 Å². The van der Waals surface area contributed by atoms with E-state index in [1.54, 1.807) is 25.1 Å². The predicted octanol–water partition coefficient (Wildman–Crippen LogP) is -0.341. The molecule has 6 aromatic rings. The zero-order valence-corrected chi connectivity index (χ0v) is 54.8. The van der Waals surface area contributed by atoms with Gasteiger partial charge in [0.2, 0.25) is 29.6 Å². The van der Waals surface area contributed by atoms with Gasteiger partial charge in [0.25, 0.3) is 17.0 Å². The molecule has 39 heteroatoms. The zero-order chi connectivity index (χ0) is 72.7. The number of nitrogens with two attached hydrogens (primary N) is 2. The van der Waals surface area contributed by atoms with E-state index in [1.165, 1.54) is 41.1 Å². The summed E-state index contributed by atoms with van der Waals surface area (Å²) in [5, 5.41) is 75.4. The Bertz CT molecular complexity index is 4370. The maximum Gasteiger partial charge on any atom is 0.513 e. The quantitative estimate of drug-likeness (QED) is 0.00613. The molecule has 0 saturated carbocycles. The Hall–Kier alpha value is -11.5. The fourth-order valence-electron chi connectivity index (χ4n) is 10.7. The monoisotopic (exact) mass is 1420 g/mol. The van der Waals surface area contributed by atoms with E-state index in [0.29, 0.717) is 40.1 Å². The maximum atomic E-state index is 13.9. The Balaban J connectivity index is 0.812. The molecule has 0 spiro atoms. The zero-order valence-electron chi connectivity index (χ0n) is 53.2. The smallest absolute Gasteiger partial charge is 0.481 e. The van der Waals surface area contributed by atoms with Crippen molar-refractivity contribution in [3.05, 3.63) is 109 Å². The first-order valence-electron chi connectivity index (χ1n) is 30.6. The number of pyridine rings is 2. The van der Waals surface area contributed by atoms with Gasteiger partial charge in [-0.1, -0.05) is 35.4 Å². The number of esters is 1. The van der Waals surface area contributed by atoms with E-state index >= 15 is 0 Å². The molecule has 6 atom stereocenters. The van der Waals surface area contributed by atoms with Crippen molar-refractivity contribution in [1.29, 1.82) is 5.41 Å². The van der Waals surface area contributed by atoms with E-state index in [-0.39, 0.29) is 103 Å². The van der Waals surface area contributed by atoms with Gasteiger partial charge in [0, 0.05) is 52.2 Å². The van der Waals surface area contributed by atoms with Crippen LogP contribution in [-0.4, -0.2) is 181 Å². The van der Waals surface area contributed by atoms with Crippen LogP contribution in [0.4, 0.5) is 16.4 Å². The summed E-state index contributed by atoms with van der Waals surface area (Å²) in [6, 6.07) is 2.89. The largest absolute Gasteiger partial charge is 0.513 e. The molecule has 0 saturated heterocycles. The summed E-state index contributed by atoms with van der Waals surface area (Å²) in [5.74, 6) is -13.9. The van der Waals surface area contributed by atoms with Gasteiger partial charge in [0.1, 0.15) is 49.2 Å². The fraction of sp³-hybridized carbons (Fsp3) is 0.377. The summed E-state index contributed by atoms with van der Waals surface area (Å²) in [6.45, 7) is 3.11. The molecule has 2 aromatic carbocycles. The van der Waals surface area contributed by atoms with Gasteiger partial charge < -0.3 is 93.0 Å². The van der Waals surface area contributed by atoms with Crippen molar-refractivity contribution in [3.8, 4) is 17.1 Å². The molecule has 0 bridgehead atoms. The van der Waals surface area contributed by atoms with Crippen LogP contribution in [0, 0.1) is 5.41 Å². The number of nitrogen functional groups attached to an aromatic ring is 1. The molecule has 8 rings (SSSR count). The van der Waals surface area contributed by atoms with Crippen molar-refractivity contribution in [3.63, 3.8) is 0 Å². The van der Waals surface area contributed by atoms with E-state index in [1.807, 2.05) is 6.92 Å². The molecule has 0 fully saturated rings. The van der Waals surface area contributed by atoms with E-state index in [0.717, 1.165) is 32.7 Å². The predicted molar refractivity (Wildman–Crippen MR) is 354 cm³/mol. The molecule has 2 aliphatic rings. The summed E-state index contributed by atoms with van der Waals surface area (Å²) in [4.78, 5) is 187. The van der Waals surface area contributed by atoms with Crippen LogP contribution in [0.1, 0.15) is 97.1 Å². The number of aromatic nitrogens is 6. The normalized spacial score (nSPS) is 15.0. The number of carbonyl (C=O) groups is 11. The highest BCUT2D eigenvalue weighted by molar-refractivity contribution is 8.76. The van der Waals surface area contributed by atoms with Crippen molar-refractivity contribution in [2.45, 2.75) is 121 Å². The van der Waals surface area contributed by atoms with Crippen LogP contribution in [0.25, 0.3) is 33.5 Å². The minimum atomic E-state index is -2.01. The number of aromatic amines is 1. The van der Waals surface area contributed by atoms with Gasteiger partial charge in [-0.2, -0.15) is 4.98 Å². The summed E-state index contributed by atoms with van der Waals surface area (Å²) in [6.07, 6.45) is -3.21. The topological polar surface area (TPSA) is 583 Å². The number of amides is 5. The Morgan fingerprint density at radius 3 is 2.13 bits per heavy atom. The third kappa shape index (κ3) is 18.6. The number of anilines is 2. The number of aryl methyl sites for hydroxylation is 1. The first kappa shape index (κ1) is 74.3. The molecule has 37 nitrogen and oxygen atoms in total. The Kier molecular flexibility index (Phi) is 24.7.